The third-order valence-corrected chi connectivity index (χ3v) is 2.06. The van der Waals surface area contributed by atoms with Crippen LogP contribution in [0.3, 0.4) is 0 Å². The molecule has 0 aromatic rings. The van der Waals surface area contributed by atoms with Gasteiger partial charge < -0.3 is 15.6 Å². The van der Waals surface area contributed by atoms with Crippen molar-refractivity contribution in [1.29, 1.82) is 0 Å². The summed E-state index contributed by atoms with van der Waals surface area (Å²) in [5.74, 6) is -0.123. The van der Waals surface area contributed by atoms with Crippen LogP contribution >= 0.6 is 0 Å². The Morgan fingerprint density at radius 3 is 2.69 bits per heavy atom. The largest absolute Gasteiger partial charge is 0.501 e. The molecular weight excluding hydrogens is 170 g/mol. The van der Waals surface area contributed by atoms with Crippen LogP contribution in [0.25, 0.3) is 0 Å². The molecule has 0 saturated carbocycles. The number of carboxylic acid groups (broad SMARTS) is 1. The molecule has 0 aromatic heterocycles. The fourth-order valence-corrected chi connectivity index (χ4v) is 1.21. The highest BCUT2D eigenvalue weighted by molar-refractivity contribution is 5.77. The Morgan fingerprint density at radius 1 is 1.62 bits per heavy atom. The predicted octanol–water partition coefficient (Wildman–Crippen LogP) is 0.649. The Morgan fingerprint density at radius 2 is 2.31 bits per heavy atom. The summed E-state index contributed by atoms with van der Waals surface area (Å²) in [7, 11) is 1.60. The number of nitrogens with two attached hydrogens (primary N) is 1. The number of methoxy groups -OCH3 is 1. The van der Waals surface area contributed by atoms with Crippen molar-refractivity contribution in [1.82, 2.24) is 0 Å². The smallest absolute Gasteiger partial charge is 0.324 e. The zero-order valence-electron chi connectivity index (χ0n) is 7.49. The highest BCUT2D eigenvalue weighted by Crippen LogP contribution is 2.19. The summed E-state index contributed by atoms with van der Waals surface area (Å²) < 4.78 is 5.01. The third kappa shape index (κ3) is 2.32. The van der Waals surface area contributed by atoms with Crippen molar-refractivity contribution in [2.45, 2.75) is 18.9 Å². The third-order valence-electron chi connectivity index (χ3n) is 2.06. The first-order valence-electron chi connectivity index (χ1n) is 4.05. The van der Waals surface area contributed by atoms with Gasteiger partial charge in [-0.25, -0.2) is 0 Å². The number of hydrogen-bond donors (Lipinski definition) is 2. The molecule has 1 atom stereocenters. The van der Waals surface area contributed by atoms with Crippen molar-refractivity contribution in [2.75, 3.05) is 7.11 Å². The van der Waals surface area contributed by atoms with Crippen LogP contribution in [0.15, 0.2) is 23.5 Å². The van der Waals surface area contributed by atoms with Crippen LogP contribution < -0.4 is 5.73 Å². The number of aliphatic carboxylic acids is 1. The van der Waals surface area contributed by atoms with Gasteiger partial charge in [-0.05, 0) is 18.1 Å². The second kappa shape index (κ2) is 4.09. The Hall–Kier alpha value is -1.29. The summed E-state index contributed by atoms with van der Waals surface area (Å²) >= 11 is 0. The van der Waals surface area contributed by atoms with Crippen molar-refractivity contribution in [3.05, 3.63) is 23.5 Å². The molecule has 0 radical (unpaired) electrons. The van der Waals surface area contributed by atoms with Gasteiger partial charge in [0.05, 0.1) is 12.9 Å². The van der Waals surface area contributed by atoms with Crippen molar-refractivity contribution in [3.8, 4) is 0 Å². The van der Waals surface area contributed by atoms with Gasteiger partial charge in [0.25, 0.3) is 0 Å². The van der Waals surface area contributed by atoms with Gasteiger partial charge in [-0.3, -0.25) is 4.79 Å². The van der Waals surface area contributed by atoms with Crippen LogP contribution in [0.5, 0.6) is 0 Å². The number of rotatable bonds is 3. The molecule has 0 spiro atoms. The van der Waals surface area contributed by atoms with E-state index in [-0.39, 0.29) is 0 Å². The highest BCUT2D eigenvalue weighted by atomic mass is 16.5. The molecule has 0 fully saturated rings. The van der Waals surface area contributed by atoms with Gasteiger partial charge in [0.2, 0.25) is 0 Å². The minimum atomic E-state index is -0.986. The molecule has 3 N–H and O–H groups in total. The van der Waals surface area contributed by atoms with Gasteiger partial charge in [-0.2, -0.15) is 0 Å². The standard InChI is InChI=1S/C9H13NO3/c1-13-7-4-2-6(3-5-7)8(10)9(11)12/h2,5,8H,3-4,10H2,1H3,(H,11,12). The molecule has 0 saturated heterocycles. The van der Waals surface area contributed by atoms with Gasteiger partial charge in [0, 0.05) is 6.42 Å². The molecule has 72 valence electrons. The number of hydrogen-bond acceptors (Lipinski definition) is 3. The minimum Gasteiger partial charge on any atom is -0.501 e. The lowest BCUT2D eigenvalue weighted by Gasteiger charge is -2.15. The van der Waals surface area contributed by atoms with E-state index in [1.54, 1.807) is 7.11 Å². The minimum absolute atomic E-state index is 0.566. The molecule has 0 amide bonds. The quantitative estimate of drug-likeness (QED) is 0.630. The van der Waals surface area contributed by atoms with E-state index < -0.39 is 12.0 Å². The first kappa shape index (κ1) is 9.80. The Bertz CT molecular complexity index is 268. The lowest BCUT2D eigenvalue weighted by atomic mass is 9.98. The Labute approximate surface area is 76.7 Å². The molecule has 0 aliphatic heterocycles. The molecule has 0 heterocycles. The number of allylic oxidation sites excluding steroid dienone is 2. The fourth-order valence-electron chi connectivity index (χ4n) is 1.21. The Kier molecular flexibility index (Phi) is 3.08. The molecule has 4 nitrogen and oxygen atoms in total. The van der Waals surface area contributed by atoms with Gasteiger partial charge in [-0.15, -0.1) is 0 Å². The van der Waals surface area contributed by atoms with Crippen LogP contribution in [-0.4, -0.2) is 24.2 Å². The summed E-state index contributed by atoms with van der Waals surface area (Å²) in [5, 5.41) is 8.64. The van der Waals surface area contributed by atoms with Gasteiger partial charge in [-0.1, -0.05) is 6.08 Å². The average molecular weight is 183 g/mol. The molecule has 1 aliphatic rings. The SMILES string of the molecule is COC1=CCC(C(N)C(=O)O)=CC1. The molecular formula is C9H13NO3. The van der Waals surface area contributed by atoms with E-state index in [0.29, 0.717) is 12.8 Å². The van der Waals surface area contributed by atoms with Crippen molar-refractivity contribution in [2.24, 2.45) is 5.73 Å². The van der Waals surface area contributed by atoms with E-state index in [2.05, 4.69) is 0 Å². The van der Waals surface area contributed by atoms with E-state index in [1.807, 2.05) is 12.2 Å². The van der Waals surface area contributed by atoms with Crippen molar-refractivity contribution < 1.29 is 14.6 Å². The highest BCUT2D eigenvalue weighted by Gasteiger charge is 2.18. The maximum atomic E-state index is 10.5. The van der Waals surface area contributed by atoms with E-state index in [1.165, 1.54) is 0 Å². The normalized spacial score (nSPS) is 18.6. The fraction of sp³-hybridized carbons (Fsp3) is 0.444. The number of ether oxygens (including phenoxy) is 1. The van der Waals surface area contributed by atoms with Crippen molar-refractivity contribution in [3.63, 3.8) is 0 Å². The summed E-state index contributed by atoms with van der Waals surface area (Å²) in [5.41, 5.74) is 6.18. The first-order valence-corrected chi connectivity index (χ1v) is 4.05. The van der Waals surface area contributed by atoms with Crippen LogP contribution in [0.4, 0.5) is 0 Å². The maximum Gasteiger partial charge on any atom is 0.324 e. The predicted molar refractivity (Wildman–Crippen MR) is 48.0 cm³/mol. The Balaban J connectivity index is 2.58. The molecule has 0 aromatic carbocycles. The molecule has 1 unspecified atom stereocenters. The second-order valence-electron chi connectivity index (χ2n) is 2.88. The van der Waals surface area contributed by atoms with E-state index >= 15 is 0 Å². The maximum absolute atomic E-state index is 10.5. The average Bonchev–Trinajstić information content (AvgIpc) is 2.17. The molecule has 13 heavy (non-hydrogen) atoms. The zero-order valence-corrected chi connectivity index (χ0v) is 7.49. The lowest BCUT2D eigenvalue weighted by molar-refractivity contribution is -0.137. The van der Waals surface area contributed by atoms with E-state index in [4.69, 9.17) is 15.6 Å². The summed E-state index contributed by atoms with van der Waals surface area (Å²) in [6.45, 7) is 0. The first-order chi connectivity index (χ1) is 6.15. The molecule has 4 heteroatoms. The number of carboxylic acids is 1. The van der Waals surface area contributed by atoms with Crippen molar-refractivity contribution >= 4 is 5.97 Å². The van der Waals surface area contributed by atoms with Crippen LogP contribution in [0.2, 0.25) is 0 Å². The molecule has 0 bridgehead atoms. The molecule has 1 aliphatic carbocycles. The van der Waals surface area contributed by atoms with Crippen LogP contribution in [0, 0.1) is 0 Å². The summed E-state index contributed by atoms with van der Waals surface area (Å²) in [6.07, 6.45) is 4.87. The van der Waals surface area contributed by atoms with Gasteiger partial charge in [0.1, 0.15) is 6.04 Å². The van der Waals surface area contributed by atoms with Crippen LogP contribution in [0.1, 0.15) is 12.8 Å². The topological polar surface area (TPSA) is 72.5 Å². The van der Waals surface area contributed by atoms with Gasteiger partial charge >= 0.3 is 5.97 Å². The zero-order chi connectivity index (χ0) is 9.84. The number of carbonyl (C=O) groups is 1. The monoisotopic (exact) mass is 183 g/mol. The van der Waals surface area contributed by atoms with E-state index in [0.717, 1.165) is 11.3 Å². The summed E-state index contributed by atoms with van der Waals surface area (Å²) in [6, 6.07) is -0.880. The van der Waals surface area contributed by atoms with E-state index in [9.17, 15) is 4.79 Å². The van der Waals surface area contributed by atoms with Gasteiger partial charge in [0.15, 0.2) is 0 Å². The molecule has 1 rings (SSSR count). The summed E-state index contributed by atoms with van der Waals surface area (Å²) in [4.78, 5) is 10.5. The lowest BCUT2D eigenvalue weighted by Crippen LogP contribution is -2.32. The van der Waals surface area contributed by atoms with Crippen LogP contribution in [-0.2, 0) is 9.53 Å². The second-order valence-corrected chi connectivity index (χ2v) is 2.88.